The number of rotatable bonds is 1. The zero-order valence-electron chi connectivity index (χ0n) is 8.87. The Balaban J connectivity index is 2.47. The van der Waals surface area contributed by atoms with E-state index in [0.29, 0.717) is 6.07 Å². The van der Waals surface area contributed by atoms with Gasteiger partial charge in [0, 0.05) is 11.8 Å². The minimum atomic E-state index is -4.72. The molecule has 2 aromatic rings. The molecule has 18 heavy (non-hydrogen) atoms. The molecule has 3 nitrogen and oxygen atoms in total. The molecule has 0 fully saturated rings. The summed E-state index contributed by atoms with van der Waals surface area (Å²) in [6.07, 6.45) is -3.38. The van der Waals surface area contributed by atoms with Crippen LogP contribution >= 0.6 is 0 Å². The Morgan fingerprint density at radius 1 is 1.11 bits per heavy atom. The van der Waals surface area contributed by atoms with Crippen LogP contribution in [0.3, 0.4) is 0 Å². The number of nitrogen functional groups attached to an aromatic ring is 1. The Hall–Kier alpha value is -2.18. The fraction of sp³-hybridized carbons (Fsp3) is 0.0909. The van der Waals surface area contributed by atoms with Crippen molar-refractivity contribution >= 4 is 5.82 Å². The minimum Gasteiger partial charge on any atom is -0.384 e. The number of aromatic nitrogens is 2. The largest absolute Gasteiger partial charge is 0.419 e. The number of hydrogen-bond acceptors (Lipinski definition) is 3. The third-order valence-corrected chi connectivity index (χ3v) is 2.21. The molecule has 0 aliphatic rings. The number of nitrogens with two attached hydrogens (primary N) is 1. The number of alkyl halides is 3. The van der Waals surface area contributed by atoms with Crippen LogP contribution in [0.1, 0.15) is 5.56 Å². The van der Waals surface area contributed by atoms with E-state index in [1.165, 1.54) is 12.3 Å². The summed E-state index contributed by atoms with van der Waals surface area (Å²) in [5.74, 6) is -1.14. The highest BCUT2D eigenvalue weighted by Crippen LogP contribution is 2.32. The summed E-state index contributed by atoms with van der Waals surface area (Å²) in [6.45, 7) is 0. The van der Waals surface area contributed by atoms with Gasteiger partial charge in [-0.15, -0.1) is 0 Å². The van der Waals surface area contributed by atoms with Gasteiger partial charge in [0.2, 0.25) is 0 Å². The second-order valence-corrected chi connectivity index (χ2v) is 3.50. The predicted molar refractivity (Wildman–Crippen MR) is 56.8 cm³/mol. The maximum atomic E-state index is 13.3. The van der Waals surface area contributed by atoms with Gasteiger partial charge in [-0.3, -0.25) is 0 Å². The summed E-state index contributed by atoms with van der Waals surface area (Å²) in [6, 6.07) is 3.90. The normalized spacial score (nSPS) is 11.6. The lowest BCUT2D eigenvalue weighted by Gasteiger charge is -2.08. The summed E-state index contributed by atoms with van der Waals surface area (Å²) in [5, 5.41) is 0. The van der Waals surface area contributed by atoms with Gasteiger partial charge in [0.25, 0.3) is 0 Å². The molecule has 0 saturated heterocycles. The van der Waals surface area contributed by atoms with Crippen molar-refractivity contribution in [3.63, 3.8) is 0 Å². The zero-order valence-corrected chi connectivity index (χ0v) is 8.87. The molecule has 0 amide bonds. The SMILES string of the molecule is Nc1ccnc(-c2ccc(C(F)(F)F)c(F)c2)n1. The molecule has 0 bridgehead atoms. The topological polar surface area (TPSA) is 51.8 Å². The van der Waals surface area contributed by atoms with Crippen molar-refractivity contribution in [3.8, 4) is 11.4 Å². The highest BCUT2D eigenvalue weighted by molar-refractivity contribution is 5.57. The Morgan fingerprint density at radius 3 is 2.39 bits per heavy atom. The Morgan fingerprint density at radius 2 is 1.83 bits per heavy atom. The van der Waals surface area contributed by atoms with Gasteiger partial charge in [0.15, 0.2) is 5.82 Å². The average molecular weight is 257 g/mol. The molecule has 0 saturated carbocycles. The van der Waals surface area contributed by atoms with Crippen molar-refractivity contribution in [2.45, 2.75) is 6.18 Å². The van der Waals surface area contributed by atoms with Crippen molar-refractivity contribution in [1.82, 2.24) is 9.97 Å². The lowest BCUT2D eigenvalue weighted by molar-refractivity contribution is -0.139. The highest BCUT2D eigenvalue weighted by atomic mass is 19.4. The number of benzene rings is 1. The van der Waals surface area contributed by atoms with Gasteiger partial charge in [0.1, 0.15) is 11.6 Å². The van der Waals surface area contributed by atoms with Crippen molar-refractivity contribution < 1.29 is 17.6 Å². The van der Waals surface area contributed by atoms with Crippen LogP contribution in [0.4, 0.5) is 23.4 Å². The molecule has 1 aromatic carbocycles. The van der Waals surface area contributed by atoms with E-state index in [2.05, 4.69) is 9.97 Å². The van der Waals surface area contributed by atoms with Gasteiger partial charge in [-0.05, 0) is 18.2 Å². The van der Waals surface area contributed by atoms with Gasteiger partial charge in [-0.2, -0.15) is 13.2 Å². The maximum Gasteiger partial charge on any atom is 0.419 e. The van der Waals surface area contributed by atoms with E-state index in [-0.39, 0.29) is 17.2 Å². The minimum absolute atomic E-state index is 0.0719. The van der Waals surface area contributed by atoms with Gasteiger partial charge in [0.05, 0.1) is 5.56 Å². The maximum absolute atomic E-state index is 13.3. The van der Waals surface area contributed by atoms with Crippen LogP contribution in [-0.4, -0.2) is 9.97 Å². The fourth-order valence-corrected chi connectivity index (χ4v) is 1.40. The van der Waals surface area contributed by atoms with Crippen molar-refractivity contribution in [2.24, 2.45) is 0 Å². The summed E-state index contributed by atoms with van der Waals surface area (Å²) in [7, 11) is 0. The lowest BCUT2D eigenvalue weighted by Crippen LogP contribution is -2.08. The van der Waals surface area contributed by atoms with Crippen molar-refractivity contribution in [1.29, 1.82) is 0 Å². The summed E-state index contributed by atoms with van der Waals surface area (Å²) >= 11 is 0. The van der Waals surface area contributed by atoms with Crippen molar-refractivity contribution in [3.05, 3.63) is 41.8 Å². The quantitative estimate of drug-likeness (QED) is 0.799. The predicted octanol–water partition coefficient (Wildman–Crippen LogP) is 2.88. The van der Waals surface area contributed by atoms with Gasteiger partial charge in [-0.25, -0.2) is 14.4 Å². The highest BCUT2D eigenvalue weighted by Gasteiger charge is 2.34. The molecule has 1 heterocycles. The van der Waals surface area contributed by atoms with Crippen LogP contribution < -0.4 is 5.73 Å². The molecule has 0 aliphatic heterocycles. The molecule has 0 radical (unpaired) electrons. The van der Waals surface area contributed by atoms with Crippen molar-refractivity contribution in [2.75, 3.05) is 5.73 Å². The molecular formula is C11H7F4N3. The Kier molecular flexibility index (Phi) is 2.90. The van der Waals surface area contributed by atoms with Crippen LogP contribution in [0.25, 0.3) is 11.4 Å². The number of anilines is 1. The van der Waals surface area contributed by atoms with Crippen LogP contribution in [0.2, 0.25) is 0 Å². The Labute approximate surface area is 99.3 Å². The van der Waals surface area contributed by atoms with E-state index in [1.807, 2.05) is 0 Å². The van der Waals surface area contributed by atoms with E-state index in [1.54, 1.807) is 0 Å². The molecule has 1 aromatic heterocycles. The first-order valence-corrected chi connectivity index (χ1v) is 4.83. The van der Waals surface area contributed by atoms with Gasteiger partial charge >= 0.3 is 6.18 Å². The standard InChI is InChI=1S/C11H7F4N3/c12-8-5-6(1-2-7(8)11(13,14)15)10-17-4-3-9(16)18-10/h1-5H,(H2,16,17,18). The first-order valence-electron chi connectivity index (χ1n) is 4.83. The van der Waals surface area contributed by atoms with E-state index >= 15 is 0 Å². The molecule has 0 unspecified atom stereocenters. The smallest absolute Gasteiger partial charge is 0.384 e. The monoisotopic (exact) mass is 257 g/mol. The number of nitrogens with zero attached hydrogens (tertiary/aromatic N) is 2. The summed E-state index contributed by atoms with van der Waals surface area (Å²) in [5.41, 5.74) is 4.22. The number of halogens is 4. The lowest BCUT2D eigenvalue weighted by atomic mass is 10.1. The number of hydrogen-bond donors (Lipinski definition) is 1. The zero-order chi connectivity index (χ0) is 13.3. The third-order valence-electron chi connectivity index (χ3n) is 2.21. The second kappa shape index (κ2) is 4.25. The first-order chi connectivity index (χ1) is 8.38. The van der Waals surface area contributed by atoms with Gasteiger partial charge < -0.3 is 5.73 Å². The molecular weight excluding hydrogens is 250 g/mol. The molecule has 0 atom stereocenters. The molecule has 2 rings (SSSR count). The third kappa shape index (κ3) is 2.39. The summed E-state index contributed by atoms with van der Waals surface area (Å²) in [4.78, 5) is 7.60. The molecule has 7 heteroatoms. The van der Waals surface area contributed by atoms with E-state index < -0.39 is 17.6 Å². The van der Waals surface area contributed by atoms with Gasteiger partial charge in [-0.1, -0.05) is 6.07 Å². The van der Waals surface area contributed by atoms with Crippen LogP contribution in [0.5, 0.6) is 0 Å². The van der Waals surface area contributed by atoms with Crippen LogP contribution in [0.15, 0.2) is 30.5 Å². The summed E-state index contributed by atoms with van der Waals surface area (Å²) < 4.78 is 50.4. The molecule has 94 valence electrons. The van der Waals surface area contributed by atoms with E-state index in [4.69, 9.17) is 5.73 Å². The average Bonchev–Trinajstić information content (AvgIpc) is 2.27. The second-order valence-electron chi connectivity index (χ2n) is 3.50. The van der Waals surface area contributed by atoms with E-state index in [9.17, 15) is 17.6 Å². The Bertz CT molecular complexity index is 581. The van der Waals surface area contributed by atoms with E-state index in [0.717, 1.165) is 12.1 Å². The molecule has 0 aliphatic carbocycles. The molecule has 2 N–H and O–H groups in total. The first kappa shape index (κ1) is 12.3. The van der Waals surface area contributed by atoms with Crippen LogP contribution in [-0.2, 0) is 6.18 Å². The molecule has 0 spiro atoms. The van der Waals surface area contributed by atoms with Crippen LogP contribution in [0, 0.1) is 5.82 Å². The fourth-order valence-electron chi connectivity index (χ4n) is 1.40.